The average Bonchev–Trinajstić information content (AvgIpc) is 3.04. The second-order valence-corrected chi connectivity index (χ2v) is 6.07. The van der Waals surface area contributed by atoms with Crippen molar-refractivity contribution in [1.82, 2.24) is 0 Å². The van der Waals surface area contributed by atoms with Crippen LogP contribution in [0.4, 0.5) is 23.9 Å². The van der Waals surface area contributed by atoms with Gasteiger partial charge < -0.3 is 10.1 Å². The molecular weight excluding hydrogens is 377 g/mol. The molecule has 0 bridgehead atoms. The van der Waals surface area contributed by atoms with Gasteiger partial charge in [-0.05, 0) is 31.2 Å². The van der Waals surface area contributed by atoms with Crippen molar-refractivity contribution in [3.63, 3.8) is 0 Å². The SMILES string of the molecule is C[C@@H](OC(=O)c1ccc([N+](=O)[O-])s1)C(=O)Nc1cccc(C(F)(F)F)c1. The number of nitrogens with zero attached hydrogens (tertiary/aromatic N) is 1. The van der Waals surface area contributed by atoms with E-state index in [-0.39, 0.29) is 15.6 Å². The Morgan fingerprint density at radius 2 is 1.96 bits per heavy atom. The van der Waals surface area contributed by atoms with Crippen molar-refractivity contribution in [2.75, 3.05) is 5.32 Å². The van der Waals surface area contributed by atoms with Gasteiger partial charge in [0.05, 0.1) is 10.5 Å². The number of carbonyl (C=O) groups is 2. The van der Waals surface area contributed by atoms with E-state index >= 15 is 0 Å². The number of halogens is 3. The van der Waals surface area contributed by atoms with E-state index in [9.17, 15) is 32.9 Å². The van der Waals surface area contributed by atoms with E-state index in [2.05, 4.69) is 5.32 Å². The number of thiophene rings is 1. The van der Waals surface area contributed by atoms with E-state index in [0.29, 0.717) is 11.3 Å². The molecular formula is C15H11F3N2O5S. The summed E-state index contributed by atoms with van der Waals surface area (Å²) in [4.78, 5) is 33.7. The van der Waals surface area contributed by atoms with Crippen molar-refractivity contribution >= 4 is 33.9 Å². The lowest BCUT2D eigenvalue weighted by Crippen LogP contribution is -2.29. The molecule has 0 fully saturated rings. The number of hydrogen-bond acceptors (Lipinski definition) is 6. The van der Waals surface area contributed by atoms with Crippen LogP contribution in [0.3, 0.4) is 0 Å². The van der Waals surface area contributed by atoms with Gasteiger partial charge in [-0.3, -0.25) is 14.9 Å². The number of nitro groups is 1. The topological polar surface area (TPSA) is 98.5 Å². The second kappa shape index (κ2) is 7.52. The number of benzene rings is 1. The molecule has 7 nitrogen and oxygen atoms in total. The van der Waals surface area contributed by atoms with E-state index in [0.717, 1.165) is 24.3 Å². The summed E-state index contributed by atoms with van der Waals surface area (Å²) in [5.41, 5.74) is -1.05. The molecule has 1 aromatic heterocycles. The molecule has 2 aromatic rings. The fraction of sp³-hybridized carbons (Fsp3) is 0.200. The van der Waals surface area contributed by atoms with Crippen LogP contribution >= 0.6 is 11.3 Å². The van der Waals surface area contributed by atoms with Crippen LogP contribution < -0.4 is 5.32 Å². The molecule has 26 heavy (non-hydrogen) atoms. The van der Waals surface area contributed by atoms with Gasteiger partial charge in [0, 0.05) is 11.8 Å². The third-order valence-electron chi connectivity index (χ3n) is 3.08. The molecule has 11 heteroatoms. The van der Waals surface area contributed by atoms with Crippen LogP contribution in [0.15, 0.2) is 36.4 Å². The lowest BCUT2D eigenvalue weighted by atomic mass is 10.2. The van der Waals surface area contributed by atoms with Crippen LogP contribution in [0, 0.1) is 10.1 Å². The zero-order valence-corrected chi connectivity index (χ0v) is 13.9. The minimum Gasteiger partial charge on any atom is -0.448 e. The predicted molar refractivity (Wildman–Crippen MR) is 85.9 cm³/mol. The van der Waals surface area contributed by atoms with Gasteiger partial charge in [0.25, 0.3) is 5.91 Å². The molecule has 1 atom stereocenters. The summed E-state index contributed by atoms with van der Waals surface area (Å²) in [7, 11) is 0. The molecule has 1 amide bonds. The van der Waals surface area contributed by atoms with Gasteiger partial charge in [0.2, 0.25) is 0 Å². The maximum Gasteiger partial charge on any atom is 0.416 e. The third-order valence-corrected chi connectivity index (χ3v) is 4.10. The van der Waals surface area contributed by atoms with Crippen molar-refractivity contribution in [3.8, 4) is 0 Å². The second-order valence-electron chi connectivity index (χ2n) is 5.01. The molecule has 0 spiro atoms. The Labute approximate surface area is 148 Å². The summed E-state index contributed by atoms with van der Waals surface area (Å²) in [6.45, 7) is 1.23. The molecule has 138 valence electrons. The predicted octanol–water partition coefficient (Wildman–Crippen LogP) is 3.86. The number of rotatable bonds is 5. The Morgan fingerprint density at radius 1 is 1.27 bits per heavy atom. The molecule has 0 unspecified atom stereocenters. The van der Waals surface area contributed by atoms with Crippen LogP contribution in [-0.2, 0) is 15.7 Å². The fourth-order valence-corrected chi connectivity index (χ4v) is 2.53. The molecule has 0 aliphatic rings. The highest BCUT2D eigenvalue weighted by molar-refractivity contribution is 7.17. The van der Waals surface area contributed by atoms with E-state index in [1.807, 2.05) is 0 Å². The van der Waals surface area contributed by atoms with Crippen LogP contribution in [0.1, 0.15) is 22.2 Å². The first-order valence-corrected chi connectivity index (χ1v) is 7.83. The lowest BCUT2D eigenvalue weighted by Gasteiger charge is -2.14. The van der Waals surface area contributed by atoms with Crippen molar-refractivity contribution < 1.29 is 32.4 Å². The average molecular weight is 388 g/mol. The maximum atomic E-state index is 12.7. The molecule has 1 aromatic carbocycles. The Kier molecular flexibility index (Phi) is 5.60. The van der Waals surface area contributed by atoms with Gasteiger partial charge >= 0.3 is 17.1 Å². The van der Waals surface area contributed by atoms with Gasteiger partial charge in [-0.1, -0.05) is 17.4 Å². The number of esters is 1. The molecule has 0 saturated carbocycles. The molecule has 1 N–H and O–H groups in total. The summed E-state index contributed by atoms with van der Waals surface area (Å²) in [6.07, 6.45) is -5.88. The molecule has 1 heterocycles. The summed E-state index contributed by atoms with van der Waals surface area (Å²) < 4.78 is 42.8. The summed E-state index contributed by atoms with van der Waals surface area (Å²) in [5.74, 6) is -1.79. The van der Waals surface area contributed by atoms with E-state index < -0.39 is 34.6 Å². The Bertz CT molecular complexity index is 850. The van der Waals surface area contributed by atoms with Crippen molar-refractivity contribution in [2.45, 2.75) is 19.2 Å². The number of alkyl halides is 3. The molecule has 2 rings (SSSR count). The molecule has 0 aliphatic heterocycles. The Balaban J connectivity index is 2.01. The number of anilines is 1. The van der Waals surface area contributed by atoms with Crippen molar-refractivity contribution in [1.29, 1.82) is 0 Å². The van der Waals surface area contributed by atoms with Gasteiger partial charge in [-0.15, -0.1) is 0 Å². The number of carbonyl (C=O) groups excluding carboxylic acids is 2. The van der Waals surface area contributed by atoms with Gasteiger partial charge in [-0.25, -0.2) is 4.79 Å². The van der Waals surface area contributed by atoms with E-state index in [1.54, 1.807) is 0 Å². The Hall–Kier alpha value is -2.95. The van der Waals surface area contributed by atoms with E-state index in [1.165, 1.54) is 19.1 Å². The lowest BCUT2D eigenvalue weighted by molar-refractivity contribution is -0.380. The van der Waals surface area contributed by atoms with Crippen LogP contribution in [-0.4, -0.2) is 22.9 Å². The van der Waals surface area contributed by atoms with E-state index in [4.69, 9.17) is 4.74 Å². The first kappa shape index (κ1) is 19.4. The van der Waals surface area contributed by atoms with Crippen LogP contribution in [0.5, 0.6) is 0 Å². The summed E-state index contributed by atoms with van der Waals surface area (Å²) in [6, 6.07) is 6.28. The van der Waals surface area contributed by atoms with Crippen LogP contribution in [0.25, 0.3) is 0 Å². The fourth-order valence-electron chi connectivity index (χ4n) is 1.82. The standard InChI is InChI=1S/C15H11F3N2O5S/c1-8(25-14(22)11-5-6-12(26-11)20(23)24)13(21)19-10-4-2-3-9(7-10)15(16,17)18/h2-8H,1H3,(H,19,21)/t8-/m1/s1. The van der Waals surface area contributed by atoms with Gasteiger partial charge in [0.15, 0.2) is 6.10 Å². The first-order valence-electron chi connectivity index (χ1n) is 7.01. The zero-order valence-electron chi connectivity index (χ0n) is 13.1. The normalized spacial score (nSPS) is 12.3. The zero-order chi connectivity index (χ0) is 19.5. The largest absolute Gasteiger partial charge is 0.448 e. The quantitative estimate of drug-likeness (QED) is 0.476. The van der Waals surface area contributed by atoms with Gasteiger partial charge in [0.1, 0.15) is 4.88 Å². The minimum absolute atomic E-state index is 0.0737. The van der Waals surface area contributed by atoms with Crippen molar-refractivity contribution in [2.24, 2.45) is 0 Å². The minimum atomic E-state index is -4.56. The highest BCUT2D eigenvalue weighted by atomic mass is 32.1. The third kappa shape index (κ3) is 4.79. The highest BCUT2D eigenvalue weighted by Crippen LogP contribution is 2.30. The smallest absolute Gasteiger partial charge is 0.416 e. The first-order chi connectivity index (χ1) is 12.1. The summed E-state index contributed by atoms with van der Waals surface area (Å²) in [5, 5.41) is 12.5. The number of hydrogen-bond donors (Lipinski definition) is 1. The monoisotopic (exact) mass is 388 g/mol. The number of amides is 1. The van der Waals surface area contributed by atoms with Crippen molar-refractivity contribution in [3.05, 3.63) is 57.0 Å². The Morgan fingerprint density at radius 3 is 2.54 bits per heavy atom. The maximum absolute atomic E-state index is 12.7. The highest BCUT2D eigenvalue weighted by Gasteiger charge is 2.30. The summed E-state index contributed by atoms with van der Waals surface area (Å²) >= 11 is 0.581. The van der Waals surface area contributed by atoms with Crippen LogP contribution in [0.2, 0.25) is 0 Å². The van der Waals surface area contributed by atoms with Gasteiger partial charge in [-0.2, -0.15) is 13.2 Å². The molecule has 0 aliphatic carbocycles. The number of ether oxygens (including phenoxy) is 1. The molecule has 0 saturated heterocycles. The molecule has 0 radical (unpaired) electrons. The number of nitrogens with one attached hydrogen (secondary N) is 1.